The Morgan fingerprint density at radius 2 is 1.77 bits per heavy atom. The molecule has 0 bridgehead atoms. The lowest BCUT2D eigenvalue weighted by Crippen LogP contribution is -2.30. The standard InChI is InChI=1S/C30H29ClN4O4/c1-4-34(5-2)19-13-11-18(12-14-19)26-25(27(36)21-17-20(39-6-3)15-16-22(21)31)28(37)29(38)35(26)30-32-23-9-7-8-10-24(23)33-30/h7-17,26,36H,4-6H2,1-3H3,(H,32,33)/b27-25+. The Bertz CT molecular complexity index is 1540. The maximum absolute atomic E-state index is 13.6. The number of hydrogen-bond donors (Lipinski definition) is 2. The van der Waals surface area contributed by atoms with Gasteiger partial charge < -0.3 is 19.7 Å². The van der Waals surface area contributed by atoms with E-state index >= 15 is 0 Å². The van der Waals surface area contributed by atoms with Crippen molar-refractivity contribution in [2.24, 2.45) is 0 Å². The number of aliphatic hydroxyl groups is 1. The first-order chi connectivity index (χ1) is 18.9. The fourth-order valence-corrected chi connectivity index (χ4v) is 5.17. The average molecular weight is 545 g/mol. The van der Waals surface area contributed by atoms with E-state index in [4.69, 9.17) is 16.3 Å². The van der Waals surface area contributed by atoms with Gasteiger partial charge in [0.2, 0.25) is 5.95 Å². The quantitative estimate of drug-likeness (QED) is 0.158. The molecule has 3 aromatic carbocycles. The van der Waals surface area contributed by atoms with Crippen LogP contribution in [0.25, 0.3) is 16.8 Å². The van der Waals surface area contributed by atoms with Gasteiger partial charge in [-0.2, -0.15) is 0 Å². The van der Waals surface area contributed by atoms with E-state index in [-0.39, 0.29) is 27.9 Å². The number of Topliss-reactive ketones (excluding diaryl/α,β-unsaturated/α-hetero) is 1. The molecule has 9 heteroatoms. The highest BCUT2D eigenvalue weighted by atomic mass is 35.5. The molecular weight excluding hydrogens is 516 g/mol. The zero-order chi connectivity index (χ0) is 27.7. The van der Waals surface area contributed by atoms with E-state index in [2.05, 4.69) is 28.7 Å². The fourth-order valence-electron chi connectivity index (χ4n) is 4.96. The van der Waals surface area contributed by atoms with E-state index in [9.17, 15) is 14.7 Å². The van der Waals surface area contributed by atoms with Gasteiger partial charge in [-0.1, -0.05) is 35.9 Å². The van der Waals surface area contributed by atoms with Gasteiger partial charge in [-0.15, -0.1) is 0 Å². The number of nitrogens with zero attached hydrogens (tertiary/aromatic N) is 3. The van der Waals surface area contributed by atoms with E-state index < -0.39 is 17.7 Å². The molecule has 1 aliphatic rings. The Labute approximate surface area is 231 Å². The van der Waals surface area contributed by atoms with Gasteiger partial charge in [-0.05, 0) is 68.8 Å². The smallest absolute Gasteiger partial charge is 0.302 e. The summed E-state index contributed by atoms with van der Waals surface area (Å²) >= 11 is 6.46. The van der Waals surface area contributed by atoms with Crippen LogP contribution in [0, 0.1) is 0 Å². The number of imidazole rings is 1. The molecule has 4 aromatic rings. The third-order valence-electron chi connectivity index (χ3n) is 6.89. The topological polar surface area (TPSA) is 98.8 Å². The van der Waals surface area contributed by atoms with Crippen molar-refractivity contribution >= 4 is 51.7 Å². The number of H-pyrrole nitrogens is 1. The van der Waals surface area contributed by atoms with Crippen LogP contribution in [0.15, 0.2) is 72.3 Å². The number of amides is 1. The highest BCUT2D eigenvalue weighted by Crippen LogP contribution is 2.43. The molecule has 0 aliphatic carbocycles. The van der Waals surface area contributed by atoms with Crippen molar-refractivity contribution in [1.29, 1.82) is 0 Å². The van der Waals surface area contributed by atoms with Gasteiger partial charge in [0, 0.05) is 24.3 Å². The number of carbonyl (C=O) groups excluding carboxylic acids is 2. The second kappa shape index (κ2) is 10.8. The Kier molecular flexibility index (Phi) is 7.30. The number of ether oxygens (including phenoxy) is 1. The molecule has 39 heavy (non-hydrogen) atoms. The lowest BCUT2D eigenvalue weighted by Gasteiger charge is -2.25. The van der Waals surface area contributed by atoms with Crippen LogP contribution in [0.1, 0.15) is 37.9 Å². The molecule has 0 radical (unpaired) electrons. The van der Waals surface area contributed by atoms with Gasteiger partial charge in [-0.25, -0.2) is 4.98 Å². The van der Waals surface area contributed by atoms with Crippen LogP contribution in [0.2, 0.25) is 5.02 Å². The van der Waals surface area contributed by atoms with Gasteiger partial charge >= 0.3 is 5.91 Å². The molecule has 1 saturated heterocycles. The molecule has 2 heterocycles. The van der Waals surface area contributed by atoms with Gasteiger partial charge in [0.05, 0.1) is 34.3 Å². The Morgan fingerprint density at radius 3 is 2.44 bits per heavy atom. The third-order valence-corrected chi connectivity index (χ3v) is 7.22. The predicted molar refractivity (Wildman–Crippen MR) is 154 cm³/mol. The number of fused-ring (bicyclic) bond motifs is 1. The lowest BCUT2D eigenvalue weighted by molar-refractivity contribution is -0.132. The van der Waals surface area contributed by atoms with Crippen molar-refractivity contribution in [1.82, 2.24) is 9.97 Å². The molecular formula is C30H29ClN4O4. The van der Waals surface area contributed by atoms with Gasteiger partial charge in [0.1, 0.15) is 11.5 Å². The molecule has 1 amide bonds. The number of benzene rings is 3. The number of hydrogen-bond acceptors (Lipinski definition) is 6. The number of ketones is 1. The normalized spacial score (nSPS) is 16.7. The van der Waals surface area contributed by atoms with Crippen molar-refractivity contribution in [3.05, 3.63) is 88.5 Å². The van der Waals surface area contributed by atoms with Crippen LogP contribution in [0.4, 0.5) is 11.6 Å². The first kappa shape index (κ1) is 26.3. The van der Waals surface area contributed by atoms with E-state index in [0.29, 0.717) is 23.4 Å². The molecule has 1 fully saturated rings. The van der Waals surface area contributed by atoms with Crippen molar-refractivity contribution in [3.8, 4) is 5.75 Å². The molecule has 1 atom stereocenters. The summed E-state index contributed by atoms with van der Waals surface area (Å²) in [5.74, 6) is -1.31. The summed E-state index contributed by atoms with van der Waals surface area (Å²) in [6.45, 7) is 8.08. The SMILES string of the molecule is CCOc1ccc(Cl)c(/C(O)=C2\C(=O)C(=O)N(c3nc4ccccc4[nH]3)C2c2ccc(N(CC)CC)cc2)c1. The number of nitrogens with one attached hydrogen (secondary N) is 1. The molecule has 2 N–H and O–H groups in total. The number of rotatable bonds is 8. The lowest BCUT2D eigenvalue weighted by atomic mass is 9.95. The number of anilines is 2. The monoisotopic (exact) mass is 544 g/mol. The number of halogens is 1. The number of carbonyl (C=O) groups is 2. The third kappa shape index (κ3) is 4.72. The van der Waals surface area contributed by atoms with Gasteiger partial charge in [0.25, 0.3) is 5.78 Å². The number of para-hydroxylation sites is 2. The van der Waals surface area contributed by atoms with E-state index in [0.717, 1.165) is 24.3 Å². The Morgan fingerprint density at radius 1 is 1.05 bits per heavy atom. The second-order valence-electron chi connectivity index (χ2n) is 9.09. The minimum Gasteiger partial charge on any atom is -0.507 e. The van der Waals surface area contributed by atoms with Crippen LogP contribution < -0.4 is 14.5 Å². The number of aromatic nitrogens is 2. The minimum absolute atomic E-state index is 0.0772. The summed E-state index contributed by atoms with van der Waals surface area (Å²) in [5, 5.41) is 11.8. The minimum atomic E-state index is -0.942. The van der Waals surface area contributed by atoms with Crippen LogP contribution in [0.3, 0.4) is 0 Å². The summed E-state index contributed by atoms with van der Waals surface area (Å²) in [5.41, 5.74) is 3.15. The largest absolute Gasteiger partial charge is 0.507 e. The first-order valence-corrected chi connectivity index (χ1v) is 13.3. The first-order valence-electron chi connectivity index (χ1n) is 12.9. The molecule has 1 aliphatic heterocycles. The van der Waals surface area contributed by atoms with E-state index in [1.54, 1.807) is 18.2 Å². The predicted octanol–water partition coefficient (Wildman–Crippen LogP) is 6.09. The Balaban J connectivity index is 1.70. The van der Waals surface area contributed by atoms with Gasteiger partial charge in [-0.3, -0.25) is 14.5 Å². The molecule has 5 rings (SSSR count). The average Bonchev–Trinajstić information content (AvgIpc) is 3.49. The van der Waals surface area contributed by atoms with Crippen LogP contribution >= 0.6 is 11.6 Å². The van der Waals surface area contributed by atoms with Crippen molar-refractivity contribution in [2.75, 3.05) is 29.5 Å². The summed E-state index contributed by atoms with van der Waals surface area (Å²) in [6.07, 6.45) is 0. The molecule has 200 valence electrons. The summed E-state index contributed by atoms with van der Waals surface area (Å²) < 4.78 is 5.58. The second-order valence-corrected chi connectivity index (χ2v) is 9.49. The molecule has 0 spiro atoms. The summed E-state index contributed by atoms with van der Waals surface area (Å²) in [6, 6.07) is 18.9. The summed E-state index contributed by atoms with van der Waals surface area (Å²) in [7, 11) is 0. The molecule has 8 nitrogen and oxygen atoms in total. The van der Waals surface area contributed by atoms with Crippen LogP contribution in [0.5, 0.6) is 5.75 Å². The van der Waals surface area contributed by atoms with E-state index in [1.165, 1.54) is 4.90 Å². The Hall–Kier alpha value is -4.30. The maximum Gasteiger partial charge on any atom is 0.302 e. The number of aliphatic hydroxyl groups excluding tert-OH is 1. The highest BCUT2D eigenvalue weighted by molar-refractivity contribution is 6.51. The zero-order valence-electron chi connectivity index (χ0n) is 21.9. The molecule has 1 aromatic heterocycles. The molecule has 1 unspecified atom stereocenters. The maximum atomic E-state index is 13.6. The summed E-state index contributed by atoms with van der Waals surface area (Å²) in [4.78, 5) is 38.3. The van der Waals surface area contributed by atoms with Crippen molar-refractivity contribution < 1.29 is 19.4 Å². The fraction of sp³-hybridized carbons (Fsp3) is 0.233. The number of aromatic amines is 1. The van der Waals surface area contributed by atoms with Crippen LogP contribution in [-0.4, -0.2) is 46.5 Å². The van der Waals surface area contributed by atoms with Crippen molar-refractivity contribution in [3.63, 3.8) is 0 Å². The van der Waals surface area contributed by atoms with Gasteiger partial charge in [0.15, 0.2) is 0 Å². The van der Waals surface area contributed by atoms with Crippen LogP contribution in [-0.2, 0) is 9.59 Å². The zero-order valence-corrected chi connectivity index (χ0v) is 22.7. The highest BCUT2D eigenvalue weighted by Gasteiger charge is 2.48. The van der Waals surface area contributed by atoms with Crippen molar-refractivity contribution in [2.45, 2.75) is 26.8 Å². The molecule has 0 saturated carbocycles. The van der Waals surface area contributed by atoms with E-state index in [1.807, 2.05) is 55.5 Å².